The van der Waals surface area contributed by atoms with Crippen LogP contribution in [0.2, 0.25) is 0 Å². The van der Waals surface area contributed by atoms with E-state index in [4.69, 9.17) is 4.74 Å². The van der Waals surface area contributed by atoms with Crippen LogP contribution in [-0.4, -0.2) is 13.2 Å². The van der Waals surface area contributed by atoms with Gasteiger partial charge in [0, 0.05) is 12.2 Å². The lowest BCUT2D eigenvalue weighted by Crippen LogP contribution is -2.12. The van der Waals surface area contributed by atoms with Crippen LogP contribution < -0.4 is 10.1 Å². The number of ether oxygens (including phenoxy) is 1. The van der Waals surface area contributed by atoms with Crippen LogP contribution in [0.5, 0.6) is 5.75 Å². The highest BCUT2D eigenvalue weighted by molar-refractivity contribution is 5.50. The Morgan fingerprint density at radius 3 is 2.35 bits per heavy atom. The Kier molecular flexibility index (Phi) is 5.05. The molecule has 0 atom stereocenters. The molecule has 2 heteroatoms. The predicted octanol–water partition coefficient (Wildman–Crippen LogP) is 4.61. The first-order chi connectivity index (χ1) is 9.66. The quantitative estimate of drug-likeness (QED) is 0.773. The average molecular weight is 269 g/mol. The molecule has 0 heterocycles. The van der Waals surface area contributed by atoms with Gasteiger partial charge >= 0.3 is 0 Å². The smallest absolute Gasteiger partial charge is 0.119 e. The van der Waals surface area contributed by atoms with Crippen molar-refractivity contribution in [1.29, 1.82) is 0 Å². The Labute approximate surface area is 121 Å². The Hall–Kier alpha value is -1.96. The van der Waals surface area contributed by atoms with Crippen molar-refractivity contribution in [3.63, 3.8) is 0 Å². The zero-order chi connectivity index (χ0) is 14.4. The van der Waals surface area contributed by atoms with Gasteiger partial charge in [-0.25, -0.2) is 0 Å². The third kappa shape index (κ3) is 4.02. The Morgan fingerprint density at radius 1 is 1.00 bits per heavy atom. The number of anilines is 1. The van der Waals surface area contributed by atoms with Gasteiger partial charge in [0.05, 0.1) is 0 Å². The van der Waals surface area contributed by atoms with Gasteiger partial charge in [-0.1, -0.05) is 44.2 Å². The van der Waals surface area contributed by atoms with Crippen molar-refractivity contribution < 1.29 is 4.74 Å². The van der Waals surface area contributed by atoms with Crippen LogP contribution in [0.3, 0.4) is 0 Å². The zero-order valence-corrected chi connectivity index (χ0v) is 12.5. The van der Waals surface area contributed by atoms with E-state index in [9.17, 15) is 0 Å². The van der Waals surface area contributed by atoms with Gasteiger partial charge in [-0.2, -0.15) is 0 Å². The van der Waals surface area contributed by atoms with E-state index in [1.807, 2.05) is 24.3 Å². The Bertz CT molecular complexity index is 531. The number of para-hydroxylation sites is 1. The molecule has 0 saturated carbocycles. The van der Waals surface area contributed by atoms with E-state index in [1.165, 1.54) is 16.8 Å². The van der Waals surface area contributed by atoms with E-state index < -0.39 is 0 Å². The summed E-state index contributed by atoms with van der Waals surface area (Å²) in [5, 5.41) is 3.39. The van der Waals surface area contributed by atoms with E-state index in [0.29, 0.717) is 12.5 Å². The zero-order valence-electron chi connectivity index (χ0n) is 12.5. The molecule has 2 aromatic rings. The molecule has 20 heavy (non-hydrogen) atoms. The van der Waals surface area contributed by atoms with E-state index >= 15 is 0 Å². The molecular weight excluding hydrogens is 246 g/mol. The molecule has 2 aromatic carbocycles. The topological polar surface area (TPSA) is 21.3 Å². The number of hydrogen-bond acceptors (Lipinski definition) is 2. The van der Waals surface area contributed by atoms with E-state index in [-0.39, 0.29) is 0 Å². The predicted molar refractivity (Wildman–Crippen MR) is 85.7 cm³/mol. The first-order valence-corrected chi connectivity index (χ1v) is 7.19. The first kappa shape index (κ1) is 14.4. The van der Waals surface area contributed by atoms with E-state index in [0.717, 1.165) is 12.3 Å². The molecule has 0 fully saturated rings. The van der Waals surface area contributed by atoms with Crippen molar-refractivity contribution in [2.75, 3.05) is 18.5 Å². The summed E-state index contributed by atoms with van der Waals surface area (Å²) in [5.74, 6) is 1.49. The monoisotopic (exact) mass is 269 g/mol. The SMILES string of the molecule is Cc1ccccc1NCCOc1ccc(C(C)C)cc1. The van der Waals surface area contributed by atoms with Gasteiger partial charge < -0.3 is 10.1 Å². The van der Waals surface area contributed by atoms with Crippen molar-refractivity contribution in [3.8, 4) is 5.75 Å². The molecule has 0 saturated heterocycles. The van der Waals surface area contributed by atoms with Gasteiger partial charge in [0.2, 0.25) is 0 Å². The third-order valence-electron chi connectivity index (χ3n) is 3.38. The number of nitrogens with one attached hydrogen (secondary N) is 1. The standard InChI is InChI=1S/C18H23NO/c1-14(2)16-8-10-17(11-9-16)20-13-12-19-18-7-5-4-6-15(18)3/h4-11,14,19H,12-13H2,1-3H3. The lowest BCUT2D eigenvalue weighted by Gasteiger charge is -2.11. The van der Waals surface area contributed by atoms with Gasteiger partial charge in [0.15, 0.2) is 0 Å². The summed E-state index contributed by atoms with van der Waals surface area (Å²) >= 11 is 0. The molecule has 0 aliphatic carbocycles. The van der Waals surface area contributed by atoms with E-state index in [2.05, 4.69) is 50.4 Å². The van der Waals surface area contributed by atoms with Crippen molar-refractivity contribution in [3.05, 3.63) is 59.7 Å². The maximum Gasteiger partial charge on any atom is 0.119 e. The first-order valence-electron chi connectivity index (χ1n) is 7.19. The Morgan fingerprint density at radius 2 is 1.70 bits per heavy atom. The van der Waals surface area contributed by atoms with Crippen molar-refractivity contribution >= 4 is 5.69 Å². The molecule has 0 spiro atoms. The molecule has 2 rings (SSSR count). The van der Waals surface area contributed by atoms with Crippen LogP contribution >= 0.6 is 0 Å². The number of benzene rings is 2. The third-order valence-corrected chi connectivity index (χ3v) is 3.38. The lowest BCUT2D eigenvalue weighted by atomic mass is 10.0. The summed E-state index contributed by atoms with van der Waals surface area (Å²) in [6, 6.07) is 16.6. The average Bonchev–Trinajstić information content (AvgIpc) is 2.46. The maximum absolute atomic E-state index is 5.74. The number of rotatable bonds is 6. The van der Waals surface area contributed by atoms with Crippen LogP contribution in [0.1, 0.15) is 30.9 Å². The van der Waals surface area contributed by atoms with Gasteiger partial charge in [-0.05, 0) is 42.2 Å². The highest BCUT2D eigenvalue weighted by Gasteiger charge is 2.00. The number of hydrogen-bond donors (Lipinski definition) is 1. The fraction of sp³-hybridized carbons (Fsp3) is 0.333. The molecule has 0 aliphatic rings. The van der Waals surface area contributed by atoms with Crippen LogP contribution in [0, 0.1) is 6.92 Å². The minimum Gasteiger partial charge on any atom is -0.492 e. The minimum atomic E-state index is 0.562. The minimum absolute atomic E-state index is 0.562. The van der Waals surface area contributed by atoms with Crippen LogP contribution in [-0.2, 0) is 0 Å². The normalized spacial score (nSPS) is 10.6. The van der Waals surface area contributed by atoms with E-state index in [1.54, 1.807) is 0 Å². The molecule has 1 N–H and O–H groups in total. The molecule has 0 amide bonds. The summed E-state index contributed by atoms with van der Waals surface area (Å²) < 4.78 is 5.74. The summed E-state index contributed by atoms with van der Waals surface area (Å²) in [6.07, 6.45) is 0. The van der Waals surface area contributed by atoms with Crippen LogP contribution in [0.4, 0.5) is 5.69 Å². The van der Waals surface area contributed by atoms with Crippen LogP contribution in [0.15, 0.2) is 48.5 Å². The summed E-state index contributed by atoms with van der Waals surface area (Å²) in [6.45, 7) is 7.96. The highest BCUT2D eigenvalue weighted by Crippen LogP contribution is 2.18. The Balaban J connectivity index is 1.77. The molecule has 106 valence electrons. The molecule has 0 aliphatic heterocycles. The molecule has 0 bridgehead atoms. The number of aryl methyl sites for hydroxylation is 1. The van der Waals surface area contributed by atoms with Gasteiger partial charge in [-0.3, -0.25) is 0 Å². The van der Waals surface area contributed by atoms with Crippen LogP contribution in [0.25, 0.3) is 0 Å². The summed E-state index contributed by atoms with van der Waals surface area (Å²) in [5.41, 5.74) is 3.77. The van der Waals surface area contributed by atoms with Gasteiger partial charge in [0.25, 0.3) is 0 Å². The van der Waals surface area contributed by atoms with Crippen molar-refractivity contribution in [2.24, 2.45) is 0 Å². The molecule has 0 unspecified atom stereocenters. The summed E-state index contributed by atoms with van der Waals surface area (Å²) in [7, 11) is 0. The highest BCUT2D eigenvalue weighted by atomic mass is 16.5. The fourth-order valence-corrected chi connectivity index (χ4v) is 2.07. The maximum atomic E-state index is 5.74. The second-order valence-corrected chi connectivity index (χ2v) is 5.31. The largest absolute Gasteiger partial charge is 0.492 e. The van der Waals surface area contributed by atoms with Crippen molar-refractivity contribution in [1.82, 2.24) is 0 Å². The molecule has 2 nitrogen and oxygen atoms in total. The lowest BCUT2D eigenvalue weighted by molar-refractivity contribution is 0.333. The molecular formula is C18H23NO. The van der Waals surface area contributed by atoms with Gasteiger partial charge in [0.1, 0.15) is 12.4 Å². The second kappa shape index (κ2) is 6.99. The fourth-order valence-electron chi connectivity index (χ4n) is 2.07. The summed E-state index contributed by atoms with van der Waals surface area (Å²) in [4.78, 5) is 0. The molecule has 0 radical (unpaired) electrons. The van der Waals surface area contributed by atoms with Gasteiger partial charge in [-0.15, -0.1) is 0 Å². The second-order valence-electron chi connectivity index (χ2n) is 5.31. The van der Waals surface area contributed by atoms with Crippen molar-refractivity contribution in [2.45, 2.75) is 26.7 Å². The molecule has 0 aromatic heterocycles.